The zero-order chi connectivity index (χ0) is 19.5. The Kier molecular flexibility index (Phi) is 5.50. The molecule has 4 rings (SSSR count). The summed E-state index contributed by atoms with van der Waals surface area (Å²) in [6.07, 6.45) is 3.22. The van der Waals surface area contributed by atoms with Gasteiger partial charge in [0.15, 0.2) is 0 Å². The van der Waals surface area contributed by atoms with Gasteiger partial charge < -0.3 is 5.32 Å². The molecular formula is C22H24N4OS. The molecule has 1 N–H and O–H groups in total. The third kappa shape index (κ3) is 3.98. The van der Waals surface area contributed by atoms with Gasteiger partial charge in [-0.25, -0.2) is 0 Å². The van der Waals surface area contributed by atoms with Gasteiger partial charge in [-0.05, 0) is 55.1 Å². The Hall–Kier alpha value is -2.57. The van der Waals surface area contributed by atoms with Gasteiger partial charge in [0.25, 0.3) is 5.91 Å². The molecule has 144 valence electrons. The lowest BCUT2D eigenvalue weighted by Gasteiger charge is -2.23. The quantitative estimate of drug-likeness (QED) is 0.672. The lowest BCUT2D eigenvalue weighted by molar-refractivity contribution is 0.102. The minimum Gasteiger partial charge on any atom is -0.320 e. The monoisotopic (exact) mass is 392 g/mol. The fourth-order valence-electron chi connectivity index (χ4n) is 3.73. The Balaban J connectivity index is 1.39. The van der Waals surface area contributed by atoms with E-state index in [1.165, 1.54) is 28.0 Å². The third-order valence-corrected chi connectivity index (χ3v) is 6.21. The molecule has 1 atom stereocenters. The van der Waals surface area contributed by atoms with E-state index in [0.29, 0.717) is 17.6 Å². The van der Waals surface area contributed by atoms with E-state index in [4.69, 9.17) is 0 Å². The van der Waals surface area contributed by atoms with E-state index in [9.17, 15) is 4.79 Å². The van der Waals surface area contributed by atoms with Crippen molar-refractivity contribution in [3.05, 3.63) is 75.2 Å². The van der Waals surface area contributed by atoms with Crippen molar-refractivity contribution in [1.29, 1.82) is 0 Å². The summed E-state index contributed by atoms with van der Waals surface area (Å²) in [5.74, 6) is -0.207. The summed E-state index contributed by atoms with van der Waals surface area (Å²) < 4.78 is 0. The van der Waals surface area contributed by atoms with Crippen LogP contribution in [0.1, 0.15) is 50.9 Å². The molecule has 0 bridgehead atoms. The van der Waals surface area contributed by atoms with Crippen molar-refractivity contribution < 1.29 is 4.79 Å². The highest BCUT2D eigenvalue weighted by Crippen LogP contribution is 2.35. The summed E-state index contributed by atoms with van der Waals surface area (Å²) in [4.78, 5) is 14.8. The molecule has 6 heteroatoms. The van der Waals surface area contributed by atoms with E-state index in [-0.39, 0.29) is 5.91 Å². The lowest BCUT2D eigenvalue weighted by Crippen LogP contribution is -2.22. The SMILES string of the molecule is CCc1ccc(NC(=O)c2nnc(CN(C)[C@H]3CCc4ccccc43)s2)cc1. The Bertz CT molecular complexity index is 967. The first-order valence-corrected chi connectivity index (χ1v) is 10.5. The molecular weight excluding hydrogens is 368 g/mol. The number of carbonyl (C=O) groups is 1. The first-order chi connectivity index (χ1) is 13.6. The smallest absolute Gasteiger partial charge is 0.286 e. The average molecular weight is 393 g/mol. The molecule has 1 aromatic heterocycles. The fraction of sp³-hybridized carbons (Fsp3) is 0.318. The van der Waals surface area contributed by atoms with Crippen LogP contribution in [0.2, 0.25) is 0 Å². The number of carbonyl (C=O) groups excluding carboxylic acids is 1. The zero-order valence-electron chi connectivity index (χ0n) is 16.2. The van der Waals surface area contributed by atoms with Crippen molar-refractivity contribution in [2.75, 3.05) is 12.4 Å². The molecule has 0 unspecified atom stereocenters. The van der Waals surface area contributed by atoms with Crippen molar-refractivity contribution in [3.8, 4) is 0 Å². The summed E-state index contributed by atoms with van der Waals surface area (Å²) in [6.45, 7) is 2.80. The predicted molar refractivity (Wildman–Crippen MR) is 113 cm³/mol. The first-order valence-electron chi connectivity index (χ1n) is 9.64. The molecule has 1 aliphatic rings. The summed E-state index contributed by atoms with van der Waals surface area (Å²) in [6, 6.07) is 16.9. The Labute approximate surface area is 169 Å². The van der Waals surface area contributed by atoms with Gasteiger partial charge in [0.2, 0.25) is 5.01 Å². The highest BCUT2D eigenvalue weighted by molar-refractivity contribution is 7.13. The Morgan fingerprint density at radius 1 is 1.18 bits per heavy atom. The number of nitrogens with one attached hydrogen (secondary N) is 1. The Morgan fingerprint density at radius 3 is 2.75 bits per heavy atom. The largest absolute Gasteiger partial charge is 0.320 e. The number of nitrogens with zero attached hydrogens (tertiary/aromatic N) is 3. The van der Waals surface area contributed by atoms with Crippen LogP contribution in [0.15, 0.2) is 48.5 Å². The number of rotatable bonds is 6. The summed E-state index contributed by atoms with van der Waals surface area (Å²) in [5.41, 5.74) is 4.86. The number of hydrogen-bond acceptors (Lipinski definition) is 5. The van der Waals surface area contributed by atoms with Gasteiger partial charge >= 0.3 is 0 Å². The molecule has 1 amide bonds. The molecule has 0 fully saturated rings. The maximum atomic E-state index is 12.5. The van der Waals surface area contributed by atoms with Gasteiger partial charge in [0.05, 0.1) is 6.54 Å². The predicted octanol–water partition coefficient (Wildman–Crippen LogP) is 4.47. The molecule has 0 aliphatic heterocycles. The summed E-state index contributed by atoms with van der Waals surface area (Å²) >= 11 is 1.36. The lowest BCUT2D eigenvalue weighted by atomic mass is 10.1. The number of fused-ring (bicyclic) bond motifs is 1. The molecule has 5 nitrogen and oxygen atoms in total. The Morgan fingerprint density at radius 2 is 1.96 bits per heavy atom. The number of benzene rings is 2. The minimum absolute atomic E-state index is 0.207. The minimum atomic E-state index is -0.207. The topological polar surface area (TPSA) is 58.1 Å². The van der Waals surface area contributed by atoms with Crippen LogP contribution in [0.5, 0.6) is 0 Å². The molecule has 1 heterocycles. The van der Waals surface area contributed by atoms with Crippen LogP contribution in [0.3, 0.4) is 0 Å². The van der Waals surface area contributed by atoms with Crippen molar-refractivity contribution in [3.63, 3.8) is 0 Å². The van der Waals surface area contributed by atoms with Gasteiger partial charge in [-0.2, -0.15) is 0 Å². The van der Waals surface area contributed by atoms with E-state index in [0.717, 1.165) is 30.0 Å². The highest BCUT2D eigenvalue weighted by atomic mass is 32.1. The van der Waals surface area contributed by atoms with E-state index < -0.39 is 0 Å². The maximum Gasteiger partial charge on any atom is 0.286 e. The van der Waals surface area contributed by atoms with Crippen LogP contribution in [-0.2, 0) is 19.4 Å². The van der Waals surface area contributed by atoms with E-state index in [1.807, 2.05) is 24.3 Å². The van der Waals surface area contributed by atoms with Gasteiger partial charge in [-0.3, -0.25) is 9.69 Å². The zero-order valence-corrected chi connectivity index (χ0v) is 17.0. The molecule has 0 radical (unpaired) electrons. The van der Waals surface area contributed by atoms with Crippen molar-refractivity contribution >= 4 is 22.9 Å². The van der Waals surface area contributed by atoms with Gasteiger partial charge in [-0.15, -0.1) is 10.2 Å². The molecule has 0 saturated carbocycles. The van der Waals surface area contributed by atoms with Gasteiger partial charge in [0, 0.05) is 11.7 Å². The number of amides is 1. The molecule has 0 spiro atoms. The number of aromatic nitrogens is 2. The van der Waals surface area contributed by atoms with E-state index >= 15 is 0 Å². The normalized spacial score (nSPS) is 15.6. The van der Waals surface area contributed by atoms with Gasteiger partial charge in [0.1, 0.15) is 5.01 Å². The fourth-order valence-corrected chi connectivity index (χ4v) is 4.53. The number of anilines is 1. The summed E-state index contributed by atoms with van der Waals surface area (Å²) in [5, 5.41) is 12.5. The van der Waals surface area contributed by atoms with Crippen LogP contribution in [0.4, 0.5) is 5.69 Å². The molecule has 3 aromatic rings. The average Bonchev–Trinajstić information content (AvgIpc) is 3.35. The van der Waals surface area contributed by atoms with Crippen molar-refractivity contribution in [1.82, 2.24) is 15.1 Å². The maximum absolute atomic E-state index is 12.5. The van der Waals surface area contributed by atoms with Crippen LogP contribution >= 0.6 is 11.3 Å². The van der Waals surface area contributed by atoms with E-state index in [1.54, 1.807) is 0 Å². The van der Waals surface area contributed by atoms with Crippen LogP contribution in [-0.4, -0.2) is 28.1 Å². The van der Waals surface area contributed by atoms with Crippen LogP contribution < -0.4 is 5.32 Å². The van der Waals surface area contributed by atoms with Crippen molar-refractivity contribution in [2.24, 2.45) is 0 Å². The second kappa shape index (κ2) is 8.20. The number of hydrogen-bond donors (Lipinski definition) is 1. The van der Waals surface area contributed by atoms with Crippen LogP contribution in [0.25, 0.3) is 0 Å². The summed E-state index contributed by atoms with van der Waals surface area (Å²) in [7, 11) is 2.11. The standard InChI is InChI=1S/C22H24N4OS/c1-3-15-8-11-17(12-9-15)23-21(27)22-25-24-20(28-22)14-26(2)19-13-10-16-6-4-5-7-18(16)19/h4-9,11-12,19H,3,10,13-14H2,1-2H3,(H,23,27)/t19-/m0/s1. The van der Waals surface area contributed by atoms with Crippen LogP contribution in [0, 0.1) is 0 Å². The molecule has 2 aromatic carbocycles. The second-order valence-electron chi connectivity index (χ2n) is 7.17. The van der Waals surface area contributed by atoms with Gasteiger partial charge in [-0.1, -0.05) is 54.7 Å². The first kappa shape index (κ1) is 18.8. The highest BCUT2D eigenvalue weighted by Gasteiger charge is 2.26. The van der Waals surface area contributed by atoms with Crippen molar-refractivity contribution in [2.45, 2.75) is 38.8 Å². The molecule has 1 aliphatic carbocycles. The number of aryl methyl sites for hydroxylation is 2. The third-order valence-electron chi connectivity index (χ3n) is 5.30. The molecule has 28 heavy (non-hydrogen) atoms. The van der Waals surface area contributed by atoms with E-state index in [2.05, 4.69) is 58.7 Å². The second-order valence-corrected chi connectivity index (χ2v) is 8.24. The molecule has 0 saturated heterocycles.